The molecule has 0 saturated carbocycles. The van der Waals surface area contributed by atoms with Gasteiger partial charge in [-0.15, -0.1) is 0 Å². The number of amides is 1. The number of nitrogens with one attached hydrogen (secondary N) is 1. The average Bonchev–Trinajstić information content (AvgIpc) is 3.44. The molecular formula is C19H23N3O3. The summed E-state index contributed by atoms with van der Waals surface area (Å²) in [4.78, 5) is 18.7. The van der Waals surface area contributed by atoms with Gasteiger partial charge in [0, 0.05) is 44.0 Å². The maximum atomic E-state index is 12.3. The molecule has 6 nitrogen and oxygen atoms in total. The number of carbonyl (C=O) groups excluding carboxylic acids is 1. The lowest BCUT2D eigenvalue weighted by molar-refractivity contribution is -0.121. The molecule has 0 radical (unpaired) electrons. The van der Waals surface area contributed by atoms with Gasteiger partial charge in [-0.3, -0.25) is 14.7 Å². The standard InChI is InChI=1S/C19H23N3O3/c1-24-16-9-14(10-17(11-16)25-2)12-21-19(23)18-13-22(18)8-6-15-5-3-4-7-20-15/h3-5,7,9-11,18H,6,8,12-13H2,1-2H3,(H,21,23). The Morgan fingerprint density at radius 3 is 2.64 bits per heavy atom. The van der Waals surface area contributed by atoms with E-state index >= 15 is 0 Å². The van der Waals surface area contributed by atoms with E-state index in [4.69, 9.17) is 9.47 Å². The van der Waals surface area contributed by atoms with Crippen molar-refractivity contribution >= 4 is 5.91 Å². The van der Waals surface area contributed by atoms with Crippen LogP contribution in [0.25, 0.3) is 0 Å². The molecule has 3 rings (SSSR count). The Labute approximate surface area is 147 Å². The summed E-state index contributed by atoms with van der Waals surface area (Å²) in [6, 6.07) is 11.5. The van der Waals surface area contributed by atoms with E-state index in [2.05, 4.69) is 15.2 Å². The van der Waals surface area contributed by atoms with Gasteiger partial charge in [0.1, 0.15) is 17.5 Å². The summed E-state index contributed by atoms with van der Waals surface area (Å²) in [5, 5.41) is 2.98. The fraction of sp³-hybridized carbons (Fsp3) is 0.368. The smallest absolute Gasteiger partial charge is 0.238 e. The molecule has 2 aromatic rings. The van der Waals surface area contributed by atoms with Gasteiger partial charge in [-0.25, -0.2) is 0 Å². The molecule has 25 heavy (non-hydrogen) atoms. The highest BCUT2D eigenvalue weighted by Gasteiger charge is 2.39. The molecule has 1 aliphatic rings. The zero-order chi connectivity index (χ0) is 17.6. The van der Waals surface area contributed by atoms with Gasteiger partial charge in [0.05, 0.1) is 14.2 Å². The zero-order valence-corrected chi connectivity index (χ0v) is 14.6. The summed E-state index contributed by atoms with van der Waals surface area (Å²) >= 11 is 0. The van der Waals surface area contributed by atoms with E-state index in [9.17, 15) is 4.79 Å². The molecule has 1 saturated heterocycles. The van der Waals surface area contributed by atoms with E-state index in [0.29, 0.717) is 18.0 Å². The summed E-state index contributed by atoms with van der Waals surface area (Å²) in [5.74, 6) is 1.49. The van der Waals surface area contributed by atoms with Gasteiger partial charge < -0.3 is 14.8 Å². The molecule has 0 spiro atoms. The van der Waals surface area contributed by atoms with Gasteiger partial charge in [0.25, 0.3) is 0 Å². The fourth-order valence-corrected chi connectivity index (χ4v) is 2.75. The van der Waals surface area contributed by atoms with Gasteiger partial charge >= 0.3 is 0 Å². The third kappa shape index (κ3) is 4.70. The Morgan fingerprint density at radius 2 is 2.00 bits per heavy atom. The number of hydrogen-bond acceptors (Lipinski definition) is 5. The predicted molar refractivity (Wildman–Crippen MR) is 94.7 cm³/mol. The molecule has 1 aromatic heterocycles. The summed E-state index contributed by atoms with van der Waals surface area (Å²) in [5.41, 5.74) is 2.00. The Bertz CT molecular complexity index is 699. The number of ether oxygens (including phenoxy) is 2. The summed E-state index contributed by atoms with van der Waals surface area (Å²) in [6.45, 7) is 2.11. The van der Waals surface area contributed by atoms with Crippen molar-refractivity contribution in [1.29, 1.82) is 0 Å². The first kappa shape index (κ1) is 17.2. The molecule has 1 aromatic carbocycles. The highest BCUT2D eigenvalue weighted by atomic mass is 16.5. The molecule has 0 bridgehead atoms. The highest BCUT2D eigenvalue weighted by molar-refractivity contribution is 5.84. The van der Waals surface area contributed by atoms with E-state index < -0.39 is 0 Å². The zero-order valence-electron chi connectivity index (χ0n) is 14.6. The number of hydrogen-bond donors (Lipinski definition) is 1. The first-order valence-electron chi connectivity index (χ1n) is 8.33. The van der Waals surface area contributed by atoms with E-state index in [1.165, 1.54) is 0 Å². The van der Waals surface area contributed by atoms with Gasteiger partial charge in [-0.1, -0.05) is 6.07 Å². The van der Waals surface area contributed by atoms with Crippen LogP contribution in [0.2, 0.25) is 0 Å². The minimum Gasteiger partial charge on any atom is -0.497 e. The van der Waals surface area contributed by atoms with Gasteiger partial charge in [0.15, 0.2) is 0 Å². The minimum atomic E-state index is -0.0313. The lowest BCUT2D eigenvalue weighted by Crippen LogP contribution is -2.30. The van der Waals surface area contributed by atoms with Crippen molar-refractivity contribution in [2.75, 3.05) is 27.3 Å². The van der Waals surface area contributed by atoms with Crippen molar-refractivity contribution in [2.45, 2.75) is 19.0 Å². The second-order valence-electron chi connectivity index (χ2n) is 6.02. The number of carbonyl (C=O) groups is 1. The number of pyridine rings is 1. The normalized spacial score (nSPS) is 18.5. The molecule has 6 heteroatoms. The first-order chi connectivity index (χ1) is 12.2. The quantitative estimate of drug-likeness (QED) is 0.740. The van der Waals surface area contributed by atoms with Crippen LogP contribution < -0.4 is 14.8 Å². The first-order valence-corrected chi connectivity index (χ1v) is 8.33. The number of methoxy groups -OCH3 is 2. The van der Waals surface area contributed by atoms with Crippen molar-refractivity contribution in [1.82, 2.24) is 15.2 Å². The third-order valence-electron chi connectivity index (χ3n) is 4.28. The van der Waals surface area contributed by atoms with E-state index in [0.717, 1.165) is 30.8 Å². The Hall–Kier alpha value is -2.60. The average molecular weight is 341 g/mol. The Balaban J connectivity index is 1.46. The van der Waals surface area contributed by atoms with Crippen molar-refractivity contribution in [2.24, 2.45) is 0 Å². The van der Waals surface area contributed by atoms with Crippen LogP contribution in [0, 0.1) is 0 Å². The van der Waals surface area contributed by atoms with Crippen LogP contribution in [0.3, 0.4) is 0 Å². The molecule has 1 N–H and O–H groups in total. The number of nitrogens with zero attached hydrogens (tertiary/aromatic N) is 2. The molecule has 2 heterocycles. The summed E-state index contributed by atoms with van der Waals surface area (Å²) in [7, 11) is 3.22. The van der Waals surface area contributed by atoms with Crippen LogP contribution in [0.4, 0.5) is 0 Å². The van der Waals surface area contributed by atoms with Gasteiger partial charge in [0.2, 0.25) is 5.91 Å². The Morgan fingerprint density at radius 1 is 1.24 bits per heavy atom. The number of aromatic nitrogens is 1. The van der Waals surface area contributed by atoms with Gasteiger partial charge in [-0.05, 0) is 29.8 Å². The molecule has 2 atom stereocenters. The number of benzene rings is 1. The van der Waals surface area contributed by atoms with E-state index in [-0.39, 0.29) is 11.9 Å². The van der Waals surface area contributed by atoms with E-state index in [1.807, 2.05) is 36.4 Å². The van der Waals surface area contributed by atoms with E-state index in [1.54, 1.807) is 20.4 Å². The molecule has 0 aliphatic carbocycles. The number of rotatable bonds is 8. The van der Waals surface area contributed by atoms with Crippen LogP contribution in [0.1, 0.15) is 11.3 Å². The second-order valence-corrected chi connectivity index (χ2v) is 6.02. The lowest BCUT2D eigenvalue weighted by atomic mass is 10.2. The molecule has 2 unspecified atom stereocenters. The monoisotopic (exact) mass is 341 g/mol. The van der Waals surface area contributed by atoms with Crippen LogP contribution in [-0.2, 0) is 17.8 Å². The highest BCUT2D eigenvalue weighted by Crippen LogP contribution is 2.23. The van der Waals surface area contributed by atoms with Crippen LogP contribution in [-0.4, -0.2) is 49.1 Å². The lowest BCUT2D eigenvalue weighted by Gasteiger charge is -2.10. The maximum Gasteiger partial charge on any atom is 0.238 e. The second kappa shape index (κ2) is 7.98. The topological polar surface area (TPSA) is 63.5 Å². The van der Waals surface area contributed by atoms with Crippen LogP contribution in [0.15, 0.2) is 42.6 Å². The molecule has 1 amide bonds. The van der Waals surface area contributed by atoms with Crippen molar-refractivity contribution in [3.05, 3.63) is 53.9 Å². The molecule has 1 aliphatic heterocycles. The third-order valence-corrected chi connectivity index (χ3v) is 4.28. The van der Waals surface area contributed by atoms with Crippen LogP contribution in [0.5, 0.6) is 11.5 Å². The van der Waals surface area contributed by atoms with Gasteiger partial charge in [-0.2, -0.15) is 0 Å². The summed E-state index contributed by atoms with van der Waals surface area (Å²) in [6.07, 6.45) is 2.65. The minimum absolute atomic E-state index is 0.0313. The molecule has 1 fully saturated rings. The molecule has 132 valence electrons. The van der Waals surface area contributed by atoms with Crippen molar-refractivity contribution < 1.29 is 14.3 Å². The van der Waals surface area contributed by atoms with Crippen molar-refractivity contribution in [3.63, 3.8) is 0 Å². The Kier molecular flexibility index (Phi) is 5.50. The van der Waals surface area contributed by atoms with Crippen molar-refractivity contribution in [3.8, 4) is 11.5 Å². The summed E-state index contributed by atoms with van der Waals surface area (Å²) < 4.78 is 10.5. The molecular weight excluding hydrogens is 318 g/mol. The predicted octanol–water partition coefficient (Wildman–Crippen LogP) is 1.64. The maximum absolute atomic E-state index is 12.3. The largest absolute Gasteiger partial charge is 0.497 e. The SMILES string of the molecule is COc1cc(CNC(=O)C2CN2CCc2ccccn2)cc(OC)c1. The fourth-order valence-electron chi connectivity index (χ4n) is 2.75. The van der Waals surface area contributed by atoms with Crippen LogP contribution >= 0.6 is 0 Å².